The number of primary amides is 1. The first kappa shape index (κ1) is 16.1. The minimum Gasteiger partial charge on any atom is -0.492 e. The van der Waals surface area contributed by atoms with Crippen LogP contribution in [-0.2, 0) is 14.8 Å². The van der Waals surface area contributed by atoms with Crippen molar-refractivity contribution >= 4 is 21.8 Å². The average Bonchev–Trinajstić information content (AvgIpc) is 2.34. The Hall–Kier alpha value is -2.00. The van der Waals surface area contributed by atoms with Crippen molar-refractivity contribution in [3.63, 3.8) is 0 Å². The maximum absolute atomic E-state index is 11.5. The number of nitrogen functional groups attached to an aromatic ring is 1. The van der Waals surface area contributed by atoms with Crippen molar-refractivity contribution in [3.8, 4) is 5.75 Å². The molecule has 0 saturated carbocycles. The Balaban J connectivity index is 2.27. The van der Waals surface area contributed by atoms with Crippen molar-refractivity contribution in [2.45, 2.75) is 0 Å². The number of anilines is 1. The molecule has 0 fully saturated rings. The lowest BCUT2D eigenvalue weighted by Gasteiger charge is -2.08. The van der Waals surface area contributed by atoms with Crippen LogP contribution in [0.5, 0.6) is 5.75 Å². The normalized spacial score (nSPS) is 11.0. The molecule has 0 aliphatic heterocycles. The Labute approximate surface area is 117 Å². The third-order valence-electron chi connectivity index (χ3n) is 2.15. The number of hydrogen-bond donors (Lipinski definition) is 3. The fourth-order valence-electron chi connectivity index (χ4n) is 1.29. The monoisotopic (exact) mass is 303 g/mol. The van der Waals surface area contributed by atoms with Crippen molar-refractivity contribution in [2.75, 3.05) is 31.2 Å². The van der Waals surface area contributed by atoms with E-state index in [9.17, 15) is 13.2 Å². The number of nitrogens with one attached hydrogen (secondary N) is 1. The van der Waals surface area contributed by atoms with Gasteiger partial charge in [-0.15, -0.1) is 0 Å². The van der Waals surface area contributed by atoms with Gasteiger partial charge in [0.1, 0.15) is 19.0 Å². The number of benzene rings is 1. The zero-order valence-electron chi connectivity index (χ0n) is 10.7. The van der Waals surface area contributed by atoms with Crippen molar-refractivity contribution in [2.24, 2.45) is 5.73 Å². The highest BCUT2D eigenvalue weighted by Gasteiger charge is 2.10. The van der Waals surface area contributed by atoms with Crippen molar-refractivity contribution in [1.82, 2.24) is 4.72 Å². The van der Waals surface area contributed by atoms with E-state index in [1.54, 1.807) is 24.3 Å². The third-order valence-corrected chi connectivity index (χ3v) is 3.50. The fraction of sp³-hybridized carbons (Fsp3) is 0.364. The second-order valence-corrected chi connectivity index (χ2v) is 5.73. The first-order valence-corrected chi connectivity index (χ1v) is 7.42. The summed E-state index contributed by atoms with van der Waals surface area (Å²) in [5, 5.41) is 0. The molecule has 1 rings (SSSR count). The number of hydrogen-bond acceptors (Lipinski definition) is 6. The molecule has 0 saturated heterocycles. The molecule has 9 heteroatoms. The average molecular weight is 303 g/mol. The molecular weight excluding hydrogens is 286 g/mol. The van der Waals surface area contributed by atoms with Gasteiger partial charge in [-0.2, -0.15) is 0 Å². The molecular formula is C11H17N3O5S. The molecule has 1 amide bonds. The molecule has 0 heterocycles. The summed E-state index contributed by atoms with van der Waals surface area (Å²) in [6.45, 7) is -0.177. The van der Waals surface area contributed by atoms with E-state index in [1.165, 1.54) is 0 Å². The number of carbonyl (C=O) groups is 1. The summed E-state index contributed by atoms with van der Waals surface area (Å²) in [6.07, 6.45) is -0.950. The van der Waals surface area contributed by atoms with E-state index in [-0.39, 0.29) is 25.5 Å². The quantitative estimate of drug-likeness (QED) is 0.444. The summed E-state index contributed by atoms with van der Waals surface area (Å²) in [5.41, 5.74) is 10.8. The van der Waals surface area contributed by atoms with Crippen LogP contribution in [0.3, 0.4) is 0 Å². The largest absolute Gasteiger partial charge is 0.492 e. The second-order valence-electron chi connectivity index (χ2n) is 3.80. The second kappa shape index (κ2) is 7.56. The Kier molecular flexibility index (Phi) is 6.07. The first-order valence-electron chi connectivity index (χ1n) is 5.77. The predicted octanol–water partition coefficient (Wildman–Crippen LogP) is -0.338. The smallest absolute Gasteiger partial charge is 0.404 e. The van der Waals surface area contributed by atoms with Gasteiger partial charge in [-0.25, -0.2) is 17.9 Å². The number of carbonyl (C=O) groups excluding carboxylic acids is 1. The van der Waals surface area contributed by atoms with Gasteiger partial charge < -0.3 is 20.9 Å². The van der Waals surface area contributed by atoms with Crippen LogP contribution in [0.15, 0.2) is 24.3 Å². The zero-order chi connectivity index (χ0) is 15.0. The molecule has 0 spiro atoms. The molecule has 5 N–H and O–H groups in total. The number of nitrogens with two attached hydrogens (primary N) is 2. The van der Waals surface area contributed by atoms with Gasteiger partial charge in [0.2, 0.25) is 10.0 Å². The van der Waals surface area contributed by atoms with Crippen LogP contribution in [0.1, 0.15) is 0 Å². The molecule has 0 aliphatic rings. The number of rotatable bonds is 8. The highest BCUT2D eigenvalue weighted by Crippen LogP contribution is 2.14. The maximum atomic E-state index is 11.5. The summed E-state index contributed by atoms with van der Waals surface area (Å²) >= 11 is 0. The number of amides is 1. The van der Waals surface area contributed by atoms with Crippen LogP contribution in [0.4, 0.5) is 10.5 Å². The summed E-state index contributed by atoms with van der Waals surface area (Å²) in [5.74, 6) is 0.274. The predicted molar refractivity (Wildman–Crippen MR) is 73.7 cm³/mol. The number of sulfonamides is 1. The lowest BCUT2D eigenvalue weighted by atomic mass is 10.3. The van der Waals surface area contributed by atoms with Crippen molar-refractivity contribution < 1.29 is 22.7 Å². The van der Waals surface area contributed by atoms with E-state index >= 15 is 0 Å². The van der Waals surface area contributed by atoms with Gasteiger partial charge in [0.15, 0.2) is 0 Å². The molecule has 1 aromatic rings. The minimum absolute atomic E-state index is 0.0184. The van der Waals surface area contributed by atoms with Crippen molar-refractivity contribution in [1.29, 1.82) is 0 Å². The summed E-state index contributed by atoms with van der Waals surface area (Å²) in [7, 11) is -3.50. The van der Waals surface area contributed by atoms with Gasteiger partial charge in [0, 0.05) is 18.3 Å². The summed E-state index contributed by atoms with van der Waals surface area (Å²) < 4.78 is 35.0. The Morgan fingerprint density at radius 1 is 1.30 bits per heavy atom. The van der Waals surface area contributed by atoms with Crippen LogP contribution >= 0.6 is 0 Å². The van der Waals surface area contributed by atoms with E-state index in [1.807, 2.05) is 0 Å². The Morgan fingerprint density at radius 3 is 2.70 bits per heavy atom. The van der Waals surface area contributed by atoms with Gasteiger partial charge in [-0.3, -0.25) is 0 Å². The lowest BCUT2D eigenvalue weighted by molar-refractivity contribution is 0.159. The molecule has 112 valence electrons. The van der Waals surface area contributed by atoms with Gasteiger partial charge >= 0.3 is 6.09 Å². The van der Waals surface area contributed by atoms with Crippen LogP contribution in [0, 0.1) is 0 Å². The lowest BCUT2D eigenvalue weighted by Crippen LogP contribution is -2.32. The summed E-state index contributed by atoms with van der Waals surface area (Å²) in [6, 6.07) is 6.68. The van der Waals surface area contributed by atoms with E-state index in [4.69, 9.17) is 16.2 Å². The van der Waals surface area contributed by atoms with Crippen LogP contribution in [0.25, 0.3) is 0 Å². The topological polar surface area (TPSA) is 134 Å². The number of ether oxygens (including phenoxy) is 2. The molecule has 0 bridgehead atoms. The molecule has 1 aromatic carbocycles. The highest BCUT2D eigenvalue weighted by atomic mass is 32.2. The molecule has 0 aromatic heterocycles. The Morgan fingerprint density at radius 2 is 2.05 bits per heavy atom. The first-order chi connectivity index (χ1) is 9.39. The standard InChI is InChI=1S/C11H17N3O5S/c12-9-2-1-3-10(8-9)18-6-7-20(16,17)14-4-5-19-11(13)15/h1-3,8,14H,4-7,12H2,(H2,13,15). The van der Waals surface area contributed by atoms with Gasteiger partial charge in [0.25, 0.3) is 0 Å². The maximum Gasteiger partial charge on any atom is 0.404 e. The highest BCUT2D eigenvalue weighted by molar-refractivity contribution is 7.89. The Bertz CT molecular complexity index is 547. The molecule has 20 heavy (non-hydrogen) atoms. The minimum atomic E-state index is -3.50. The van der Waals surface area contributed by atoms with E-state index in [0.29, 0.717) is 11.4 Å². The zero-order valence-corrected chi connectivity index (χ0v) is 11.6. The van der Waals surface area contributed by atoms with Gasteiger partial charge in [-0.05, 0) is 12.1 Å². The molecule has 8 nitrogen and oxygen atoms in total. The SMILES string of the molecule is NC(=O)OCCNS(=O)(=O)CCOc1cccc(N)c1. The van der Waals surface area contributed by atoms with E-state index < -0.39 is 16.1 Å². The van der Waals surface area contributed by atoms with Crippen LogP contribution < -0.4 is 20.9 Å². The van der Waals surface area contributed by atoms with E-state index in [2.05, 4.69) is 9.46 Å². The molecule has 0 aliphatic carbocycles. The van der Waals surface area contributed by atoms with Gasteiger partial charge in [-0.1, -0.05) is 6.07 Å². The van der Waals surface area contributed by atoms with E-state index in [0.717, 1.165) is 0 Å². The van der Waals surface area contributed by atoms with Gasteiger partial charge in [0.05, 0.1) is 5.75 Å². The third kappa shape index (κ3) is 6.81. The molecule has 0 atom stereocenters. The van der Waals surface area contributed by atoms with Crippen molar-refractivity contribution in [3.05, 3.63) is 24.3 Å². The van der Waals surface area contributed by atoms with Crippen LogP contribution in [0.2, 0.25) is 0 Å². The molecule has 0 unspecified atom stereocenters. The summed E-state index contributed by atoms with van der Waals surface area (Å²) in [4.78, 5) is 10.3. The fourth-order valence-corrected chi connectivity index (χ4v) is 2.14. The van der Waals surface area contributed by atoms with Crippen LogP contribution in [-0.4, -0.2) is 40.0 Å². The molecule has 0 radical (unpaired) electrons.